The molecule has 1 N–H and O–H groups in total. The number of hydrogen-bond acceptors (Lipinski definition) is 3. The molecule has 11 heteroatoms. The summed E-state index contributed by atoms with van der Waals surface area (Å²) in [5.74, 6) is -8.16. The average molecular weight is 363 g/mol. The molecular weight excluding hydrogens is 359 g/mol. The Hall–Kier alpha value is -1.78. The summed E-state index contributed by atoms with van der Waals surface area (Å²) < 4.78 is 61.0. The van der Waals surface area contributed by atoms with Crippen LogP contribution in [0.1, 0.15) is 0 Å². The summed E-state index contributed by atoms with van der Waals surface area (Å²) >= 11 is 2.72. The van der Waals surface area contributed by atoms with Crippen LogP contribution in [0.2, 0.25) is 0 Å². The third-order valence-corrected chi connectivity index (χ3v) is 2.71. The molecule has 0 aromatic heterocycles. The van der Waals surface area contributed by atoms with E-state index in [-0.39, 0.29) is 4.47 Å². The van der Waals surface area contributed by atoms with Crippen LogP contribution < -0.4 is 5.32 Å². The lowest BCUT2D eigenvalue weighted by Crippen LogP contribution is -2.47. The maximum absolute atomic E-state index is 12.7. The molecular formula is C9H4BrF5N2O3. The van der Waals surface area contributed by atoms with E-state index in [0.717, 1.165) is 18.2 Å². The molecule has 0 radical (unpaired) electrons. The van der Waals surface area contributed by atoms with Gasteiger partial charge in [-0.15, -0.1) is 0 Å². The highest BCUT2D eigenvalue weighted by molar-refractivity contribution is 9.10. The molecule has 0 heterocycles. The third-order valence-electron chi connectivity index (χ3n) is 2.05. The normalized spacial score (nSPS) is 12.1. The summed E-state index contributed by atoms with van der Waals surface area (Å²) in [6, 6.07) is 2.51. The fourth-order valence-corrected chi connectivity index (χ4v) is 1.51. The Morgan fingerprint density at radius 3 is 2.20 bits per heavy atom. The number of rotatable bonds is 3. The SMILES string of the molecule is O=C(Nc1ccc([N+](=O)[O-])cc1Br)C(F)(F)C(F)(F)F. The molecule has 0 atom stereocenters. The predicted octanol–water partition coefficient (Wildman–Crippen LogP) is 3.49. The van der Waals surface area contributed by atoms with Crippen molar-refractivity contribution in [3.63, 3.8) is 0 Å². The number of non-ortho nitro benzene ring substituents is 1. The quantitative estimate of drug-likeness (QED) is 0.508. The van der Waals surface area contributed by atoms with Gasteiger partial charge in [-0.3, -0.25) is 14.9 Å². The smallest absolute Gasteiger partial charge is 0.319 e. The molecule has 5 nitrogen and oxygen atoms in total. The average Bonchev–Trinajstić information content (AvgIpc) is 2.29. The van der Waals surface area contributed by atoms with Gasteiger partial charge in [0.05, 0.1) is 10.6 Å². The standard InChI is InChI=1S/C9H4BrF5N2O3/c10-5-3-4(17(19)20)1-2-6(5)16-7(18)8(11,12)9(13,14)15/h1-3H,(H,16,18). The first kappa shape index (κ1) is 16.3. The zero-order valence-electron chi connectivity index (χ0n) is 9.17. The van der Waals surface area contributed by atoms with Crippen molar-refractivity contribution in [1.29, 1.82) is 0 Å². The minimum Gasteiger partial charge on any atom is -0.319 e. The van der Waals surface area contributed by atoms with E-state index in [0.29, 0.717) is 0 Å². The Bertz CT molecular complexity index is 561. The van der Waals surface area contributed by atoms with Crippen molar-refractivity contribution in [1.82, 2.24) is 0 Å². The van der Waals surface area contributed by atoms with Crippen molar-refractivity contribution >= 4 is 33.2 Å². The molecule has 1 aromatic carbocycles. The summed E-state index contributed by atoms with van der Waals surface area (Å²) in [5, 5.41) is 11.8. The number of nitro benzene ring substituents is 1. The Kier molecular flexibility index (Phi) is 4.32. The van der Waals surface area contributed by atoms with Crippen LogP contribution in [0.15, 0.2) is 22.7 Å². The molecule has 0 saturated carbocycles. The van der Waals surface area contributed by atoms with Crippen LogP contribution >= 0.6 is 15.9 Å². The number of hydrogen-bond donors (Lipinski definition) is 1. The van der Waals surface area contributed by atoms with Gasteiger partial charge in [-0.05, 0) is 22.0 Å². The second-order valence-electron chi connectivity index (χ2n) is 3.45. The summed E-state index contributed by atoms with van der Waals surface area (Å²) in [6.07, 6.45) is -6.04. The molecule has 0 bridgehead atoms. The predicted molar refractivity (Wildman–Crippen MR) is 60.4 cm³/mol. The second kappa shape index (κ2) is 5.31. The highest BCUT2D eigenvalue weighted by atomic mass is 79.9. The fraction of sp³-hybridized carbons (Fsp3) is 0.222. The third kappa shape index (κ3) is 3.21. The molecule has 0 aliphatic rings. The van der Waals surface area contributed by atoms with Gasteiger partial charge in [-0.1, -0.05) is 0 Å². The molecule has 20 heavy (non-hydrogen) atoms. The van der Waals surface area contributed by atoms with Gasteiger partial charge in [-0.2, -0.15) is 22.0 Å². The number of alkyl halides is 5. The lowest BCUT2D eigenvalue weighted by atomic mass is 10.2. The van der Waals surface area contributed by atoms with Crippen LogP contribution in [0, 0.1) is 10.1 Å². The highest BCUT2D eigenvalue weighted by Crippen LogP contribution is 2.37. The first-order valence-electron chi connectivity index (χ1n) is 4.66. The Labute approximate surface area is 116 Å². The second-order valence-corrected chi connectivity index (χ2v) is 4.30. The molecule has 0 aliphatic heterocycles. The van der Waals surface area contributed by atoms with Crippen molar-refractivity contribution in [2.24, 2.45) is 0 Å². The van der Waals surface area contributed by atoms with E-state index in [2.05, 4.69) is 15.9 Å². The molecule has 0 spiro atoms. The zero-order valence-corrected chi connectivity index (χ0v) is 10.8. The van der Waals surface area contributed by atoms with Crippen LogP contribution in [0.3, 0.4) is 0 Å². The highest BCUT2D eigenvalue weighted by Gasteiger charge is 2.63. The molecule has 1 rings (SSSR count). The molecule has 1 aromatic rings. The van der Waals surface area contributed by atoms with E-state index in [4.69, 9.17) is 0 Å². The first-order chi connectivity index (χ1) is 8.96. The van der Waals surface area contributed by atoms with Gasteiger partial charge in [-0.25, -0.2) is 0 Å². The molecule has 0 fully saturated rings. The van der Waals surface area contributed by atoms with Crippen LogP contribution in [0.4, 0.5) is 33.3 Å². The fourth-order valence-electron chi connectivity index (χ4n) is 1.05. The van der Waals surface area contributed by atoms with Gasteiger partial charge in [0.1, 0.15) is 0 Å². The van der Waals surface area contributed by atoms with Crippen molar-refractivity contribution in [2.45, 2.75) is 12.1 Å². The zero-order chi connectivity index (χ0) is 15.7. The maximum Gasteiger partial charge on any atom is 0.463 e. The number of nitrogens with zero attached hydrogens (tertiary/aromatic N) is 1. The monoisotopic (exact) mass is 362 g/mol. The van der Waals surface area contributed by atoms with Gasteiger partial charge in [0.15, 0.2) is 0 Å². The van der Waals surface area contributed by atoms with Gasteiger partial charge in [0, 0.05) is 16.6 Å². The first-order valence-corrected chi connectivity index (χ1v) is 5.46. The van der Waals surface area contributed by atoms with Gasteiger partial charge < -0.3 is 5.32 Å². The number of nitro groups is 1. The maximum atomic E-state index is 12.7. The minimum absolute atomic E-state index is 0.210. The number of halogens is 6. The Morgan fingerprint density at radius 2 is 1.80 bits per heavy atom. The lowest BCUT2D eigenvalue weighted by molar-refractivity contribution is -0.384. The molecule has 110 valence electrons. The van der Waals surface area contributed by atoms with E-state index in [1.165, 1.54) is 5.32 Å². The summed E-state index contributed by atoms with van der Waals surface area (Å²) in [6.45, 7) is 0. The van der Waals surface area contributed by atoms with E-state index in [1.54, 1.807) is 0 Å². The number of anilines is 1. The topological polar surface area (TPSA) is 72.2 Å². The molecule has 1 amide bonds. The molecule has 0 saturated heterocycles. The van der Waals surface area contributed by atoms with Crippen molar-refractivity contribution in [2.75, 3.05) is 5.32 Å². The largest absolute Gasteiger partial charge is 0.463 e. The van der Waals surface area contributed by atoms with E-state index < -0.39 is 34.3 Å². The van der Waals surface area contributed by atoms with Crippen LogP contribution in [0.25, 0.3) is 0 Å². The van der Waals surface area contributed by atoms with Crippen molar-refractivity contribution in [3.8, 4) is 0 Å². The van der Waals surface area contributed by atoms with Gasteiger partial charge in [0.2, 0.25) is 0 Å². The van der Waals surface area contributed by atoms with E-state index >= 15 is 0 Å². The number of carbonyl (C=O) groups is 1. The number of benzene rings is 1. The van der Waals surface area contributed by atoms with Crippen LogP contribution in [0.5, 0.6) is 0 Å². The van der Waals surface area contributed by atoms with Gasteiger partial charge >= 0.3 is 18.0 Å². The summed E-state index contributed by atoms with van der Waals surface area (Å²) in [7, 11) is 0. The Morgan fingerprint density at radius 1 is 1.25 bits per heavy atom. The minimum atomic E-state index is -6.04. The van der Waals surface area contributed by atoms with Crippen LogP contribution in [-0.2, 0) is 4.79 Å². The number of carbonyl (C=O) groups excluding carboxylic acids is 1. The summed E-state index contributed by atoms with van der Waals surface area (Å²) in [5.41, 5.74) is -0.887. The molecule has 0 unspecified atom stereocenters. The lowest BCUT2D eigenvalue weighted by Gasteiger charge is -2.19. The number of nitrogens with one attached hydrogen (secondary N) is 1. The Balaban J connectivity index is 3.00. The van der Waals surface area contributed by atoms with Crippen molar-refractivity contribution in [3.05, 3.63) is 32.8 Å². The van der Waals surface area contributed by atoms with E-state index in [1.807, 2.05) is 0 Å². The van der Waals surface area contributed by atoms with Crippen molar-refractivity contribution < 1.29 is 31.7 Å². The van der Waals surface area contributed by atoms with Gasteiger partial charge in [0.25, 0.3) is 5.69 Å². The molecule has 0 aliphatic carbocycles. The van der Waals surface area contributed by atoms with Crippen LogP contribution in [-0.4, -0.2) is 22.9 Å². The van der Waals surface area contributed by atoms with E-state index in [9.17, 15) is 36.9 Å². The number of amides is 1. The summed E-state index contributed by atoms with van der Waals surface area (Å²) in [4.78, 5) is 20.5.